The molecule has 158 valence electrons. The number of aliphatic imine (C=N–C) groups is 1. The number of aryl methyl sites for hydroxylation is 1. The van der Waals surface area contributed by atoms with Gasteiger partial charge in [0.15, 0.2) is 11.8 Å². The molecule has 1 saturated heterocycles. The van der Waals surface area contributed by atoms with Crippen molar-refractivity contribution in [3.63, 3.8) is 0 Å². The molecule has 0 unspecified atom stereocenters. The van der Waals surface area contributed by atoms with E-state index in [1.165, 1.54) is 0 Å². The second kappa shape index (κ2) is 12.0. The number of hydrogen-bond acceptors (Lipinski definition) is 5. The average Bonchev–Trinajstić information content (AvgIpc) is 2.94. The first-order valence-corrected chi connectivity index (χ1v) is 9.41. The number of amides is 1. The van der Waals surface area contributed by atoms with E-state index < -0.39 is 0 Å². The molecule has 1 aromatic heterocycles. The Kier molecular flexibility index (Phi) is 10.4. The van der Waals surface area contributed by atoms with E-state index in [9.17, 15) is 4.79 Å². The smallest absolute Gasteiger partial charge is 0.234 e. The zero-order valence-electron chi connectivity index (χ0n) is 17.3. The van der Waals surface area contributed by atoms with Crippen molar-refractivity contribution in [3.8, 4) is 0 Å². The van der Waals surface area contributed by atoms with Crippen molar-refractivity contribution >= 4 is 35.8 Å². The zero-order valence-corrected chi connectivity index (χ0v) is 19.6. The summed E-state index contributed by atoms with van der Waals surface area (Å²) in [5.74, 6) is 2.61. The Morgan fingerprint density at radius 1 is 1.29 bits per heavy atom. The number of guanidine groups is 1. The molecule has 0 bridgehead atoms. The van der Waals surface area contributed by atoms with Gasteiger partial charge in [-0.15, -0.1) is 40.8 Å². The molecule has 28 heavy (non-hydrogen) atoms. The van der Waals surface area contributed by atoms with E-state index in [1.54, 1.807) is 0 Å². The summed E-state index contributed by atoms with van der Waals surface area (Å²) >= 11 is 0. The highest BCUT2D eigenvalue weighted by atomic mass is 127. The third-order valence-corrected chi connectivity index (χ3v) is 4.45. The van der Waals surface area contributed by atoms with Crippen molar-refractivity contribution < 1.29 is 4.79 Å². The van der Waals surface area contributed by atoms with Crippen LogP contribution in [0.4, 0.5) is 0 Å². The van der Waals surface area contributed by atoms with Crippen molar-refractivity contribution in [1.82, 2.24) is 35.2 Å². The molecule has 1 aliphatic rings. The maximum absolute atomic E-state index is 11.9. The largest absolute Gasteiger partial charge is 0.353 e. The fourth-order valence-electron chi connectivity index (χ4n) is 2.85. The van der Waals surface area contributed by atoms with Crippen LogP contribution in [0.15, 0.2) is 17.6 Å². The zero-order chi connectivity index (χ0) is 19.8. The minimum Gasteiger partial charge on any atom is -0.353 e. The second-order valence-electron chi connectivity index (χ2n) is 7.02. The van der Waals surface area contributed by atoms with Crippen LogP contribution in [0.3, 0.4) is 0 Å². The number of carbonyl (C=O) groups is 1. The number of hydrogen-bond donors (Lipinski definition) is 2. The van der Waals surface area contributed by atoms with Gasteiger partial charge in [-0.1, -0.05) is 6.08 Å². The lowest BCUT2D eigenvalue weighted by Crippen LogP contribution is -2.54. The van der Waals surface area contributed by atoms with E-state index in [0.717, 1.165) is 43.8 Å². The van der Waals surface area contributed by atoms with E-state index in [-0.39, 0.29) is 35.9 Å². The number of piperazine rings is 1. The van der Waals surface area contributed by atoms with Crippen molar-refractivity contribution in [3.05, 3.63) is 24.3 Å². The molecule has 1 aromatic rings. The lowest BCUT2D eigenvalue weighted by Gasteiger charge is -2.36. The molecular weight excluding hydrogens is 471 g/mol. The highest BCUT2D eigenvalue weighted by Crippen LogP contribution is 2.05. The van der Waals surface area contributed by atoms with Gasteiger partial charge in [-0.3, -0.25) is 9.69 Å². The third-order valence-electron chi connectivity index (χ3n) is 4.45. The lowest BCUT2D eigenvalue weighted by molar-refractivity contribution is -0.123. The van der Waals surface area contributed by atoms with Crippen LogP contribution in [-0.2, 0) is 18.4 Å². The van der Waals surface area contributed by atoms with Crippen LogP contribution in [0.1, 0.15) is 25.5 Å². The van der Waals surface area contributed by atoms with Gasteiger partial charge in [-0.25, -0.2) is 4.99 Å². The van der Waals surface area contributed by atoms with Crippen molar-refractivity contribution in [2.45, 2.75) is 33.4 Å². The van der Waals surface area contributed by atoms with Gasteiger partial charge >= 0.3 is 0 Å². The molecule has 0 spiro atoms. The van der Waals surface area contributed by atoms with Gasteiger partial charge < -0.3 is 20.1 Å². The minimum absolute atomic E-state index is 0. The first-order chi connectivity index (χ1) is 12.9. The molecule has 0 aromatic carbocycles. The van der Waals surface area contributed by atoms with E-state index in [4.69, 9.17) is 4.99 Å². The van der Waals surface area contributed by atoms with Crippen molar-refractivity contribution in [2.75, 3.05) is 39.3 Å². The van der Waals surface area contributed by atoms with Gasteiger partial charge in [0.05, 0.1) is 6.54 Å². The minimum atomic E-state index is 0. The third kappa shape index (κ3) is 7.38. The molecule has 2 heterocycles. The Morgan fingerprint density at radius 3 is 2.50 bits per heavy atom. The summed E-state index contributed by atoms with van der Waals surface area (Å²) in [5, 5.41) is 14.5. The number of halogens is 1. The van der Waals surface area contributed by atoms with E-state index in [1.807, 2.05) is 38.5 Å². The predicted molar refractivity (Wildman–Crippen MR) is 122 cm³/mol. The Bertz CT molecular complexity index is 665. The van der Waals surface area contributed by atoms with E-state index >= 15 is 0 Å². The summed E-state index contributed by atoms with van der Waals surface area (Å²) in [6, 6.07) is 0.171. The molecule has 0 radical (unpaired) electrons. The summed E-state index contributed by atoms with van der Waals surface area (Å²) in [6.07, 6.45) is 1.81. The monoisotopic (exact) mass is 504 g/mol. The molecule has 2 rings (SSSR count). The van der Waals surface area contributed by atoms with Gasteiger partial charge in [0.1, 0.15) is 12.4 Å². The normalized spacial score (nSPS) is 15.3. The number of nitrogens with zero attached hydrogens (tertiary/aromatic N) is 6. The summed E-state index contributed by atoms with van der Waals surface area (Å²) in [6.45, 7) is 14.5. The molecule has 0 aliphatic carbocycles. The van der Waals surface area contributed by atoms with Gasteiger partial charge in [-0.05, 0) is 20.8 Å². The summed E-state index contributed by atoms with van der Waals surface area (Å²) in [5.41, 5.74) is 0. The highest BCUT2D eigenvalue weighted by Gasteiger charge is 2.21. The summed E-state index contributed by atoms with van der Waals surface area (Å²) < 4.78 is 1.94. The van der Waals surface area contributed by atoms with Crippen LogP contribution >= 0.6 is 24.0 Å². The highest BCUT2D eigenvalue weighted by molar-refractivity contribution is 14.0. The molecular formula is C18H33IN8O. The maximum atomic E-state index is 11.9. The van der Waals surface area contributed by atoms with E-state index in [2.05, 4.69) is 37.2 Å². The van der Waals surface area contributed by atoms with Crippen molar-refractivity contribution in [2.24, 2.45) is 12.0 Å². The Labute approximate surface area is 184 Å². The van der Waals surface area contributed by atoms with Crippen LogP contribution in [0, 0.1) is 6.92 Å². The molecule has 1 aliphatic heterocycles. The number of aromatic nitrogens is 3. The maximum Gasteiger partial charge on any atom is 0.234 e. The number of nitrogens with one attached hydrogen (secondary N) is 2. The quantitative estimate of drug-likeness (QED) is 0.244. The lowest BCUT2D eigenvalue weighted by atomic mass is 10.3. The molecule has 0 atom stereocenters. The molecule has 1 amide bonds. The van der Waals surface area contributed by atoms with Gasteiger partial charge in [0.25, 0.3) is 0 Å². The first kappa shape index (κ1) is 24.3. The molecule has 9 nitrogen and oxygen atoms in total. The van der Waals surface area contributed by atoms with Crippen LogP contribution in [0.5, 0.6) is 0 Å². The first-order valence-electron chi connectivity index (χ1n) is 9.41. The fraction of sp³-hybridized carbons (Fsp3) is 0.667. The van der Waals surface area contributed by atoms with Crippen LogP contribution in [-0.4, -0.2) is 81.7 Å². The SMILES string of the molecule is C=CCNC(=NCc1nnc(C)n1C)N1CCN(CC(=O)NC(C)C)CC1.I. The van der Waals surface area contributed by atoms with E-state index in [0.29, 0.717) is 19.6 Å². The topological polar surface area (TPSA) is 90.7 Å². The Balaban J connectivity index is 0.00000392. The van der Waals surface area contributed by atoms with Crippen molar-refractivity contribution in [1.29, 1.82) is 0 Å². The summed E-state index contributed by atoms with van der Waals surface area (Å²) in [4.78, 5) is 21.0. The van der Waals surface area contributed by atoms with Gasteiger partial charge in [0, 0.05) is 45.8 Å². The fourth-order valence-corrected chi connectivity index (χ4v) is 2.85. The number of rotatable bonds is 7. The van der Waals surface area contributed by atoms with Crippen LogP contribution in [0.25, 0.3) is 0 Å². The Hall–Kier alpha value is -1.69. The average molecular weight is 504 g/mol. The van der Waals surface area contributed by atoms with Gasteiger partial charge in [-0.2, -0.15) is 0 Å². The van der Waals surface area contributed by atoms with Crippen LogP contribution in [0.2, 0.25) is 0 Å². The predicted octanol–water partition coefficient (Wildman–Crippen LogP) is 0.515. The van der Waals surface area contributed by atoms with Gasteiger partial charge in [0.2, 0.25) is 5.91 Å². The molecule has 2 N–H and O–H groups in total. The standard InChI is InChI=1S/C18H32N8O.HI/c1-6-7-19-18(20-12-16-23-22-15(4)24(16)5)26-10-8-25(9-11-26)13-17(27)21-14(2)3;/h6,14H,1,7-13H2,2-5H3,(H,19,20)(H,21,27);1H. The number of carbonyl (C=O) groups excluding carboxylic acids is 1. The van der Waals surface area contributed by atoms with Crippen LogP contribution < -0.4 is 10.6 Å². The Morgan fingerprint density at radius 2 is 1.96 bits per heavy atom. The second-order valence-corrected chi connectivity index (χ2v) is 7.02. The molecule has 0 saturated carbocycles. The molecule has 10 heteroatoms. The summed E-state index contributed by atoms with van der Waals surface area (Å²) in [7, 11) is 1.94. The molecule has 1 fully saturated rings.